The molecule has 0 aliphatic rings. The van der Waals surface area contributed by atoms with Gasteiger partial charge in [0.1, 0.15) is 5.69 Å². The molecule has 1 heterocycles. The zero-order chi connectivity index (χ0) is 24.4. The standard InChI is InChI=1S/C24H17Cl3N4O3/c1-13-16(26)6-4-8-18(13)28-23(33)24(34)30-31-20-10-9-15(25)11-14(20)12-21(31)22(32)29-19-7-3-2-5-17(19)27/h2-12H,1H3,(H,28,33)(H,29,32)(H,30,34). The quantitative estimate of drug-likeness (QED) is 0.297. The highest BCUT2D eigenvalue weighted by molar-refractivity contribution is 6.43. The van der Waals surface area contributed by atoms with Gasteiger partial charge < -0.3 is 10.6 Å². The average Bonchev–Trinajstić information content (AvgIpc) is 3.15. The van der Waals surface area contributed by atoms with E-state index in [-0.39, 0.29) is 5.69 Å². The molecule has 10 heteroatoms. The molecule has 0 atom stereocenters. The van der Waals surface area contributed by atoms with Crippen LogP contribution in [-0.2, 0) is 9.59 Å². The highest BCUT2D eigenvalue weighted by atomic mass is 35.5. The van der Waals surface area contributed by atoms with E-state index in [1.807, 2.05) is 0 Å². The van der Waals surface area contributed by atoms with Crippen LogP contribution in [0.2, 0.25) is 15.1 Å². The van der Waals surface area contributed by atoms with Gasteiger partial charge in [-0.3, -0.25) is 19.8 Å². The van der Waals surface area contributed by atoms with Crippen LogP contribution < -0.4 is 16.1 Å². The van der Waals surface area contributed by atoms with Crippen LogP contribution in [0.3, 0.4) is 0 Å². The number of hydrogen-bond acceptors (Lipinski definition) is 3. The maximum Gasteiger partial charge on any atom is 0.328 e. The van der Waals surface area contributed by atoms with Gasteiger partial charge in [0.25, 0.3) is 5.91 Å². The largest absolute Gasteiger partial charge is 0.328 e. The number of benzene rings is 3. The van der Waals surface area contributed by atoms with E-state index >= 15 is 0 Å². The van der Waals surface area contributed by atoms with Crippen molar-refractivity contribution >= 4 is 74.8 Å². The summed E-state index contributed by atoms with van der Waals surface area (Å²) in [4.78, 5) is 38.4. The molecule has 0 saturated heterocycles. The van der Waals surface area contributed by atoms with E-state index in [0.29, 0.717) is 42.9 Å². The molecule has 3 N–H and O–H groups in total. The predicted octanol–water partition coefficient (Wildman–Crippen LogP) is 5.87. The molecule has 3 aromatic carbocycles. The number of aromatic nitrogens is 1. The molecule has 0 radical (unpaired) electrons. The fraction of sp³-hybridized carbons (Fsp3) is 0.0417. The van der Waals surface area contributed by atoms with E-state index in [9.17, 15) is 14.4 Å². The summed E-state index contributed by atoms with van der Waals surface area (Å²) in [6, 6.07) is 18.1. The Balaban J connectivity index is 1.65. The molecule has 4 rings (SSSR count). The van der Waals surface area contributed by atoms with E-state index in [2.05, 4.69) is 16.1 Å². The molecular weight excluding hydrogens is 499 g/mol. The average molecular weight is 516 g/mol. The van der Waals surface area contributed by atoms with E-state index in [1.165, 1.54) is 4.68 Å². The Morgan fingerprint density at radius 2 is 1.47 bits per heavy atom. The summed E-state index contributed by atoms with van der Waals surface area (Å²) in [6.07, 6.45) is 0. The Morgan fingerprint density at radius 3 is 2.24 bits per heavy atom. The number of carbonyl (C=O) groups is 3. The summed E-state index contributed by atoms with van der Waals surface area (Å²) in [5, 5.41) is 7.07. The number of fused-ring (bicyclic) bond motifs is 1. The van der Waals surface area contributed by atoms with Crippen molar-refractivity contribution in [1.29, 1.82) is 0 Å². The second-order valence-corrected chi connectivity index (χ2v) is 8.56. The molecule has 34 heavy (non-hydrogen) atoms. The second-order valence-electron chi connectivity index (χ2n) is 7.31. The van der Waals surface area contributed by atoms with Crippen LogP contribution >= 0.6 is 34.8 Å². The number of rotatable bonds is 4. The van der Waals surface area contributed by atoms with Crippen molar-refractivity contribution in [2.75, 3.05) is 16.1 Å². The van der Waals surface area contributed by atoms with Gasteiger partial charge in [0.2, 0.25) is 0 Å². The Labute approximate surface area is 209 Å². The summed E-state index contributed by atoms with van der Waals surface area (Å²) in [7, 11) is 0. The fourth-order valence-corrected chi connectivity index (χ4v) is 3.84. The Kier molecular flexibility index (Phi) is 6.79. The Bertz CT molecular complexity index is 1450. The monoisotopic (exact) mass is 514 g/mol. The van der Waals surface area contributed by atoms with E-state index < -0.39 is 17.7 Å². The van der Waals surface area contributed by atoms with Gasteiger partial charge in [0, 0.05) is 21.1 Å². The first-order valence-electron chi connectivity index (χ1n) is 9.99. The molecule has 0 bridgehead atoms. The molecule has 3 amide bonds. The van der Waals surface area contributed by atoms with E-state index in [4.69, 9.17) is 34.8 Å². The third-order valence-electron chi connectivity index (χ3n) is 5.05. The van der Waals surface area contributed by atoms with Crippen molar-refractivity contribution in [3.63, 3.8) is 0 Å². The van der Waals surface area contributed by atoms with Gasteiger partial charge in [-0.1, -0.05) is 53.0 Å². The summed E-state index contributed by atoms with van der Waals surface area (Å²) in [5.74, 6) is -2.47. The third-order valence-corrected chi connectivity index (χ3v) is 6.03. The lowest BCUT2D eigenvalue weighted by Gasteiger charge is -2.14. The molecule has 172 valence electrons. The lowest BCUT2D eigenvalue weighted by atomic mass is 10.2. The molecule has 0 spiro atoms. The van der Waals surface area contributed by atoms with Gasteiger partial charge in [-0.05, 0) is 61.0 Å². The molecule has 0 aliphatic carbocycles. The maximum absolute atomic E-state index is 13.1. The highest BCUT2D eigenvalue weighted by Gasteiger charge is 2.22. The first-order chi connectivity index (χ1) is 16.2. The number of nitrogens with zero attached hydrogens (tertiary/aromatic N) is 1. The normalized spacial score (nSPS) is 10.7. The zero-order valence-electron chi connectivity index (χ0n) is 17.7. The van der Waals surface area contributed by atoms with Crippen LogP contribution in [0.1, 0.15) is 16.1 Å². The maximum atomic E-state index is 13.1. The number of halogens is 3. The van der Waals surface area contributed by atoms with Crippen molar-refractivity contribution in [2.45, 2.75) is 6.92 Å². The zero-order valence-corrected chi connectivity index (χ0v) is 19.9. The smallest absolute Gasteiger partial charge is 0.319 e. The summed E-state index contributed by atoms with van der Waals surface area (Å²) in [6.45, 7) is 1.72. The number of carbonyl (C=O) groups excluding carboxylic acids is 3. The van der Waals surface area contributed by atoms with Crippen LogP contribution in [-0.4, -0.2) is 22.4 Å². The van der Waals surface area contributed by atoms with Crippen LogP contribution in [0.5, 0.6) is 0 Å². The SMILES string of the molecule is Cc1c(Cl)cccc1NC(=O)C(=O)Nn1c(C(=O)Nc2ccccc2Cl)cc2cc(Cl)ccc21. The topological polar surface area (TPSA) is 92.2 Å². The van der Waals surface area contributed by atoms with Crippen molar-refractivity contribution in [3.8, 4) is 0 Å². The minimum absolute atomic E-state index is 0.0669. The number of hydrogen-bond donors (Lipinski definition) is 3. The Morgan fingerprint density at radius 1 is 0.765 bits per heavy atom. The third kappa shape index (κ3) is 4.87. The molecule has 0 fully saturated rings. The van der Waals surface area contributed by atoms with Crippen LogP contribution in [0.15, 0.2) is 66.7 Å². The van der Waals surface area contributed by atoms with Crippen LogP contribution in [0.4, 0.5) is 11.4 Å². The lowest BCUT2D eigenvalue weighted by Crippen LogP contribution is -2.36. The van der Waals surface area contributed by atoms with Gasteiger partial charge >= 0.3 is 11.8 Å². The fourth-order valence-electron chi connectivity index (χ4n) is 3.30. The first-order valence-corrected chi connectivity index (χ1v) is 11.1. The van der Waals surface area contributed by atoms with Crippen molar-refractivity contribution < 1.29 is 14.4 Å². The van der Waals surface area contributed by atoms with E-state index in [1.54, 1.807) is 73.7 Å². The van der Waals surface area contributed by atoms with Crippen molar-refractivity contribution in [3.05, 3.63) is 93.1 Å². The van der Waals surface area contributed by atoms with Gasteiger partial charge in [0.05, 0.1) is 16.2 Å². The minimum Gasteiger partial charge on any atom is -0.319 e. The van der Waals surface area contributed by atoms with Gasteiger partial charge in [-0.15, -0.1) is 0 Å². The summed E-state index contributed by atoms with van der Waals surface area (Å²) < 4.78 is 1.23. The number of amides is 3. The van der Waals surface area contributed by atoms with Crippen molar-refractivity contribution in [2.24, 2.45) is 0 Å². The number of anilines is 2. The second kappa shape index (κ2) is 9.77. The van der Waals surface area contributed by atoms with Gasteiger partial charge in [-0.2, -0.15) is 0 Å². The number of nitrogens with one attached hydrogen (secondary N) is 3. The first kappa shape index (κ1) is 23.6. The Hall–Kier alpha value is -3.52. The molecule has 7 nitrogen and oxygen atoms in total. The summed E-state index contributed by atoms with van der Waals surface area (Å²) >= 11 is 18.3. The van der Waals surface area contributed by atoms with Crippen LogP contribution in [0.25, 0.3) is 10.9 Å². The highest BCUT2D eigenvalue weighted by Crippen LogP contribution is 2.26. The molecule has 0 aliphatic heterocycles. The van der Waals surface area contributed by atoms with E-state index in [0.717, 1.165) is 0 Å². The summed E-state index contributed by atoms with van der Waals surface area (Å²) in [5.41, 5.74) is 4.42. The van der Waals surface area contributed by atoms with Crippen LogP contribution in [0, 0.1) is 6.92 Å². The predicted molar refractivity (Wildman–Crippen MR) is 136 cm³/mol. The molecule has 1 aromatic heterocycles. The minimum atomic E-state index is -0.987. The van der Waals surface area contributed by atoms with Gasteiger partial charge in [0.15, 0.2) is 0 Å². The molecule has 0 unspecified atom stereocenters. The molecular formula is C24H17Cl3N4O3. The lowest BCUT2D eigenvalue weighted by molar-refractivity contribution is -0.133. The molecule has 4 aromatic rings. The number of para-hydroxylation sites is 1. The molecule has 0 saturated carbocycles. The van der Waals surface area contributed by atoms with Gasteiger partial charge in [-0.25, -0.2) is 4.68 Å². The van der Waals surface area contributed by atoms with Crippen molar-refractivity contribution in [1.82, 2.24) is 4.68 Å².